The highest BCUT2D eigenvalue weighted by molar-refractivity contribution is 7.89. The summed E-state index contributed by atoms with van der Waals surface area (Å²) >= 11 is 0. The van der Waals surface area contributed by atoms with E-state index >= 15 is 0 Å². The molecule has 2 rings (SSSR count). The summed E-state index contributed by atoms with van der Waals surface area (Å²) in [6, 6.07) is 14.8. The fourth-order valence-electron chi connectivity index (χ4n) is 2.19. The molecule has 8 heteroatoms. The number of carbonyl (C=O) groups excluding carboxylic acids is 2. The zero-order valence-corrected chi connectivity index (χ0v) is 15.2. The molecule has 138 valence electrons. The Morgan fingerprint density at radius 3 is 2.23 bits per heavy atom. The molecular weight excluding hydrogens is 354 g/mol. The van der Waals surface area contributed by atoms with Crippen LogP contribution in [0.2, 0.25) is 0 Å². The Balaban J connectivity index is 1.76. The zero-order chi connectivity index (χ0) is 19.0. The van der Waals surface area contributed by atoms with Crippen LogP contribution in [0.5, 0.6) is 0 Å². The summed E-state index contributed by atoms with van der Waals surface area (Å²) in [6.07, 6.45) is 0.0301. The Morgan fingerprint density at radius 1 is 0.962 bits per heavy atom. The molecule has 0 aliphatic carbocycles. The third kappa shape index (κ3) is 5.68. The van der Waals surface area contributed by atoms with Crippen molar-refractivity contribution < 1.29 is 18.0 Å². The van der Waals surface area contributed by atoms with Gasteiger partial charge in [-0.3, -0.25) is 9.59 Å². The first kappa shape index (κ1) is 19.6. The lowest BCUT2D eigenvalue weighted by Gasteiger charge is -2.08. The van der Waals surface area contributed by atoms with Gasteiger partial charge in [0.25, 0.3) is 5.91 Å². The topological polar surface area (TPSA) is 104 Å². The molecule has 0 unspecified atom stereocenters. The molecule has 0 atom stereocenters. The number of amides is 2. The van der Waals surface area contributed by atoms with E-state index in [2.05, 4.69) is 15.4 Å². The van der Waals surface area contributed by atoms with Gasteiger partial charge in [-0.15, -0.1) is 0 Å². The molecule has 2 aromatic carbocycles. The van der Waals surface area contributed by atoms with E-state index in [1.807, 2.05) is 0 Å². The molecule has 2 amide bonds. The normalized spacial score (nSPS) is 11.0. The first-order valence-corrected chi connectivity index (χ1v) is 9.53. The molecule has 0 aliphatic heterocycles. The number of benzene rings is 2. The number of rotatable bonds is 8. The first-order valence-electron chi connectivity index (χ1n) is 8.05. The molecule has 0 fully saturated rings. The van der Waals surface area contributed by atoms with Crippen LogP contribution in [-0.2, 0) is 21.4 Å². The van der Waals surface area contributed by atoms with Crippen LogP contribution in [0.25, 0.3) is 0 Å². The molecule has 0 aromatic heterocycles. The minimum atomic E-state index is -3.61. The molecule has 0 radical (unpaired) electrons. The lowest BCUT2D eigenvalue weighted by molar-refractivity contribution is -0.121. The minimum Gasteiger partial charge on any atom is -0.355 e. The molecule has 0 spiro atoms. The van der Waals surface area contributed by atoms with Crippen molar-refractivity contribution in [2.24, 2.45) is 0 Å². The molecular formula is C18H21N3O4S. The van der Waals surface area contributed by atoms with E-state index in [0.29, 0.717) is 12.1 Å². The smallest absolute Gasteiger partial charge is 0.251 e. The molecule has 0 bridgehead atoms. The first-order chi connectivity index (χ1) is 12.4. The van der Waals surface area contributed by atoms with Crippen LogP contribution < -0.4 is 15.4 Å². The Kier molecular flexibility index (Phi) is 6.88. The fourth-order valence-corrected chi connectivity index (χ4v) is 3.24. The third-order valence-electron chi connectivity index (χ3n) is 3.63. The van der Waals surface area contributed by atoms with E-state index in [1.165, 1.54) is 12.1 Å². The van der Waals surface area contributed by atoms with E-state index in [-0.39, 0.29) is 29.7 Å². The largest absolute Gasteiger partial charge is 0.355 e. The second-order valence-electron chi connectivity index (χ2n) is 5.51. The van der Waals surface area contributed by atoms with Crippen molar-refractivity contribution in [1.29, 1.82) is 0 Å². The van der Waals surface area contributed by atoms with Crippen molar-refractivity contribution in [3.05, 3.63) is 65.7 Å². The van der Waals surface area contributed by atoms with Crippen LogP contribution >= 0.6 is 0 Å². The highest BCUT2D eigenvalue weighted by atomic mass is 32.2. The highest BCUT2D eigenvalue weighted by Crippen LogP contribution is 2.07. The number of sulfonamides is 1. The maximum Gasteiger partial charge on any atom is 0.251 e. The van der Waals surface area contributed by atoms with Gasteiger partial charge in [-0.1, -0.05) is 30.3 Å². The van der Waals surface area contributed by atoms with E-state index in [9.17, 15) is 18.0 Å². The maximum absolute atomic E-state index is 12.0. The molecule has 0 heterocycles. The van der Waals surface area contributed by atoms with E-state index in [4.69, 9.17) is 0 Å². The second-order valence-corrected chi connectivity index (χ2v) is 7.28. The van der Waals surface area contributed by atoms with E-state index in [0.717, 1.165) is 5.56 Å². The van der Waals surface area contributed by atoms with Gasteiger partial charge in [-0.25, -0.2) is 13.1 Å². The molecule has 0 saturated heterocycles. The van der Waals surface area contributed by atoms with Crippen molar-refractivity contribution in [2.75, 3.05) is 13.6 Å². The number of hydrogen-bond acceptors (Lipinski definition) is 4. The Morgan fingerprint density at radius 2 is 1.62 bits per heavy atom. The van der Waals surface area contributed by atoms with E-state index in [1.54, 1.807) is 49.5 Å². The van der Waals surface area contributed by atoms with Gasteiger partial charge < -0.3 is 10.6 Å². The molecule has 0 saturated carbocycles. The minimum absolute atomic E-state index is 0.0126. The second kappa shape index (κ2) is 9.12. The van der Waals surface area contributed by atoms with Gasteiger partial charge in [0.05, 0.1) is 4.90 Å². The average Bonchev–Trinajstić information content (AvgIpc) is 2.66. The molecule has 26 heavy (non-hydrogen) atoms. The number of hydrogen-bond donors (Lipinski definition) is 3. The Labute approximate surface area is 152 Å². The summed E-state index contributed by atoms with van der Waals surface area (Å²) in [7, 11) is -2.05. The third-order valence-corrected chi connectivity index (χ3v) is 5.11. The maximum atomic E-state index is 12.0. The standard InChI is InChI=1S/C18H21N3O4S/c1-19-18(23)15-9-7-14(8-10-15)13-20-17(22)11-12-21-26(24,25)16-5-3-2-4-6-16/h2-10,21H,11-13H2,1H3,(H,19,23)(H,20,22). The van der Waals surface area contributed by atoms with Gasteiger partial charge in [-0.2, -0.15) is 0 Å². The number of nitrogens with one attached hydrogen (secondary N) is 3. The number of carbonyl (C=O) groups is 2. The van der Waals surface area contributed by atoms with Crippen LogP contribution in [0, 0.1) is 0 Å². The highest BCUT2D eigenvalue weighted by Gasteiger charge is 2.13. The van der Waals surface area contributed by atoms with Crippen LogP contribution in [0.4, 0.5) is 0 Å². The van der Waals surface area contributed by atoms with Crippen LogP contribution in [0.3, 0.4) is 0 Å². The average molecular weight is 375 g/mol. The molecule has 3 N–H and O–H groups in total. The van der Waals surface area contributed by atoms with Crippen molar-refractivity contribution in [1.82, 2.24) is 15.4 Å². The summed E-state index contributed by atoms with van der Waals surface area (Å²) < 4.78 is 26.5. The van der Waals surface area contributed by atoms with Gasteiger partial charge >= 0.3 is 0 Å². The predicted molar refractivity (Wildman–Crippen MR) is 97.9 cm³/mol. The van der Waals surface area contributed by atoms with Gasteiger partial charge in [0.2, 0.25) is 15.9 Å². The fraction of sp³-hybridized carbons (Fsp3) is 0.222. The summed E-state index contributed by atoms with van der Waals surface area (Å²) in [5.41, 5.74) is 1.38. The summed E-state index contributed by atoms with van der Waals surface area (Å²) in [4.78, 5) is 23.5. The molecule has 7 nitrogen and oxygen atoms in total. The van der Waals surface area contributed by atoms with Crippen molar-refractivity contribution >= 4 is 21.8 Å². The van der Waals surface area contributed by atoms with Gasteiger partial charge in [0, 0.05) is 32.1 Å². The Bertz CT molecular complexity index is 850. The SMILES string of the molecule is CNC(=O)c1ccc(CNC(=O)CCNS(=O)(=O)c2ccccc2)cc1. The van der Waals surface area contributed by atoms with Crippen LogP contribution in [-0.4, -0.2) is 33.8 Å². The van der Waals surface area contributed by atoms with Crippen LogP contribution in [0.15, 0.2) is 59.5 Å². The summed E-state index contributed by atoms with van der Waals surface area (Å²) in [6.45, 7) is 0.316. The van der Waals surface area contributed by atoms with Gasteiger partial charge in [-0.05, 0) is 29.8 Å². The van der Waals surface area contributed by atoms with Crippen molar-refractivity contribution in [2.45, 2.75) is 17.9 Å². The lowest BCUT2D eigenvalue weighted by atomic mass is 10.1. The van der Waals surface area contributed by atoms with Crippen molar-refractivity contribution in [3.63, 3.8) is 0 Å². The van der Waals surface area contributed by atoms with Crippen LogP contribution in [0.1, 0.15) is 22.3 Å². The van der Waals surface area contributed by atoms with Gasteiger partial charge in [0.15, 0.2) is 0 Å². The monoisotopic (exact) mass is 375 g/mol. The Hall–Kier alpha value is -2.71. The zero-order valence-electron chi connectivity index (χ0n) is 14.4. The van der Waals surface area contributed by atoms with E-state index < -0.39 is 10.0 Å². The lowest BCUT2D eigenvalue weighted by Crippen LogP contribution is -2.30. The molecule has 2 aromatic rings. The summed E-state index contributed by atoms with van der Waals surface area (Å²) in [5.74, 6) is -0.442. The van der Waals surface area contributed by atoms with Gasteiger partial charge in [0.1, 0.15) is 0 Å². The predicted octanol–water partition coefficient (Wildman–Crippen LogP) is 1.03. The molecule has 0 aliphatic rings. The summed E-state index contributed by atoms with van der Waals surface area (Å²) in [5, 5.41) is 5.25. The quantitative estimate of drug-likeness (QED) is 0.641. The van der Waals surface area contributed by atoms with Crippen molar-refractivity contribution in [3.8, 4) is 0 Å².